The van der Waals surface area contributed by atoms with Crippen LogP contribution in [0.5, 0.6) is 0 Å². The van der Waals surface area contributed by atoms with Gasteiger partial charge in [0.2, 0.25) is 0 Å². The van der Waals surface area contributed by atoms with Crippen molar-refractivity contribution in [2.45, 2.75) is 19.5 Å². The largest absolute Gasteiger partial charge is 0.330 e. The van der Waals surface area contributed by atoms with Gasteiger partial charge in [0.15, 0.2) is 0 Å². The van der Waals surface area contributed by atoms with Gasteiger partial charge in [-0.2, -0.15) is 0 Å². The highest BCUT2D eigenvalue weighted by molar-refractivity contribution is 5.48. The summed E-state index contributed by atoms with van der Waals surface area (Å²) < 4.78 is 0. The van der Waals surface area contributed by atoms with Gasteiger partial charge in [0, 0.05) is 13.1 Å². The number of hydrogen-bond acceptors (Lipinski definition) is 3. The van der Waals surface area contributed by atoms with E-state index in [1.807, 2.05) is 12.2 Å². The Morgan fingerprint density at radius 1 is 0.846 bits per heavy atom. The van der Waals surface area contributed by atoms with Gasteiger partial charge in [-0.15, -0.1) is 0 Å². The van der Waals surface area contributed by atoms with E-state index in [-0.39, 0.29) is 0 Å². The maximum absolute atomic E-state index is 5.79. The Morgan fingerprint density at radius 3 is 1.77 bits per heavy atom. The molecule has 0 aliphatic rings. The average Bonchev–Trinajstić information content (AvgIpc) is 2.68. The van der Waals surface area contributed by atoms with Gasteiger partial charge in [0.05, 0.1) is 0 Å². The highest BCUT2D eigenvalue weighted by Crippen LogP contribution is 2.08. The molecule has 0 unspecified atom stereocenters. The zero-order valence-corrected chi connectivity index (χ0v) is 15.6. The van der Waals surface area contributed by atoms with Crippen LogP contribution in [0.25, 0.3) is 12.2 Å². The fourth-order valence-corrected chi connectivity index (χ4v) is 3.01. The van der Waals surface area contributed by atoms with Gasteiger partial charge < -0.3 is 16.4 Å². The molecule has 0 fully saturated rings. The molecule has 0 saturated carbocycles. The Balaban J connectivity index is 1.76. The molecule has 2 rings (SSSR count). The maximum atomic E-state index is 5.79. The molecule has 0 aromatic heterocycles. The second kappa shape index (κ2) is 11.4. The quantitative estimate of drug-likeness (QED) is 0.546. The third-order valence-electron chi connectivity index (χ3n) is 4.47. The smallest absolute Gasteiger partial charge is 0.0205 e. The maximum Gasteiger partial charge on any atom is 0.0205 e. The highest BCUT2D eigenvalue weighted by Gasteiger charge is 2.07. The van der Waals surface area contributed by atoms with Gasteiger partial charge in [-0.1, -0.05) is 73.8 Å². The molecule has 0 saturated heterocycles. The van der Waals surface area contributed by atoms with E-state index in [9.17, 15) is 0 Å². The molecular weight excluding hydrogens is 318 g/mol. The zero-order valence-electron chi connectivity index (χ0n) is 15.6. The summed E-state index contributed by atoms with van der Waals surface area (Å²) in [4.78, 5) is 0. The van der Waals surface area contributed by atoms with Gasteiger partial charge in [0.25, 0.3) is 0 Å². The molecule has 0 spiro atoms. The second-order valence-electron chi connectivity index (χ2n) is 6.60. The summed E-state index contributed by atoms with van der Waals surface area (Å²) in [5, 5.41) is 7.12. The Kier molecular flexibility index (Phi) is 8.84. The van der Waals surface area contributed by atoms with Crippen molar-refractivity contribution in [3.8, 4) is 0 Å². The van der Waals surface area contributed by atoms with Crippen LogP contribution in [0.3, 0.4) is 0 Å². The molecule has 138 valence electrons. The lowest BCUT2D eigenvalue weighted by atomic mass is 10.0. The van der Waals surface area contributed by atoms with Crippen molar-refractivity contribution in [3.63, 3.8) is 0 Å². The van der Waals surface area contributed by atoms with Crippen LogP contribution in [0.1, 0.15) is 28.7 Å². The molecule has 26 heavy (non-hydrogen) atoms. The van der Waals surface area contributed by atoms with Crippen LogP contribution in [0.4, 0.5) is 0 Å². The topological polar surface area (TPSA) is 50.1 Å². The molecule has 0 radical (unpaired) electrons. The molecule has 0 atom stereocenters. The first-order valence-electron chi connectivity index (χ1n) is 9.29. The normalized spacial score (nSPS) is 10.8. The standard InChI is InChI=1S/C23H31N3/c1-3-19-7-5-9-21(13-19)15-25-17-23(11-12-24)18-26-16-22-10-6-8-20(4-2)14-22/h3-10,13-14,23,25-26H,1-2,11-12,15-18,24H2. The monoisotopic (exact) mass is 349 g/mol. The minimum absolute atomic E-state index is 0.519. The molecule has 3 nitrogen and oxygen atoms in total. The molecule has 0 bridgehead atoms. The van der Waals surface area contributed by atoms with Crippen molar-refractivity contribution < 1.29 is 0 Å². The summed E-state index contributed by atoms with van der Waals surface area (Å²) >= 11 is 0. The van der Waals surface area contributed by atoms with Crippen LogP contribution < -0.4 is 16.4 Å². The van der Waals surface area contributed by atoms with Gasteiger partial charge in [-0.05, 0) is 54.2 Å². The van der Waals surface area contributed by atoms with E-state index in [4.69, 9.17) is 5.73 Å². The van der Waals surface area contributed by atoms with Crippen molar-refractivity contribution in [3.05, 3.63) is 83.9 Å². The molecule has 0 amide bonds. The van der Waals surface area contributed by atoms with E-state index in [0.717, 1.165) is 43.7 Å². The first kappa shape index (κ1) is 20.1. The van der Waals surface area contributed by atoms with Crippen LogP contribution in [0.15, 0.2) is 61.7 Å². The zero-order chi connectivity index (χ0) is 18.6. The van der Waals surface area contributed by atoms with Gasteiger partial charge >= 0.3 is 0 Å². The first-order valence-corrected chi connectivity index (χ1v) is 9.29. The highest BCUT2D eigenvalue weighted by atomic mass is 14.9. The summed E-state index contributed by atoms with van der Waals surface area (Å²) in [7, 11) is 0. The lowest BCUT2D eigenvalue weighted by Crippen LogP contribution is -2.32. The molecule has 2 aromatic carbocycles. The number of rotatable bonds is 12. The minimum atomic E-state index is 0.519. The Hall–Kier alpha value is -2.20. The van der Waals surface area contributed by atoms with E-state index in [0.29, 0.717) is 12.5 Å². The molecule has 3 heteroatoms. The fraction of sp³-hybridized carbons (Fsp3) is 0.304. The van der Waals surface area contributed by atoms with E-state index in [2.05, 4.69) is 72.3 Å². The number of nitrogens with two attached hydrogens (primary N) is 1. The summed E-state index contributed by atoms with van der Waals surface area (Å²) in [6.07, 6.45) is 4.78. The van der Waals surface area contributed by atoms with E-state index in [1.165, 1.54) is 11.1 Å². The van der Waals surface area contributed by atoms with E-state index in [1.54, 1.807) is 0 Å². The predicted molar refractivity (Wildman–Crippen MR) is 114 cm³/mol. The molecule has 0 aliphatic heterocycles. The van der Waals surface area contributed by atoms with Crippen LogP contribution in [-0.2, 0) is 13.1 Å². The van der Waals surface area contributed by atoms with Crippen LogP contribution in [0, 0.1) is 5.92 Å². The minimum Gasteiger partial charge on any atom is -0.330 e. The van der Waals surface area contributed by atoms with Crippen LogP contribution in [-0.4, -0.2) is 19.6 Å². The summed E-state index contributed by atoms with van der Waals surface area (Å²) in [5.41, 5.74) is 10.7. The number of benzene rings is 2. The SMILES string of the molecule is C=Cc1cccc(CNCC(CCN)CNCc2cccc(C=C)c2)c1. The van der Waals surface area contributed by atoms with Crippen molar-refractivity contribution in [1.82, 2.24) is 10.6 Å². The van der Waals surface area contributed by atoms with Crippen LogP contribution in [0.2, 0.25) is 0 Å². The van der Waals surface area contributed by atoms with Crippen molar-refractivity contribution in [1.29, 1.82) is 0 Å². The summed E-state index contributed by atoms with van der Waals surface area (Å²) in [6, 6.07) is 16.9. The Morgan fingerprint density at radius 2 is 1.35 bits per heavy atom. The predicted octanol–water partition coefficient (Wildman–Crippen LogP) is 3.82. The molecule has 4 N–H and O–H groups in total. The van der Waals surface area contributed by atoms with Crippen LogP contribution >= 0.6 is 0 Å². The summed E-state index contributed by atoms with van der Waals surface area (Å²) in [5.74, 6) is 0.519. The van der Waals surface area contributed by atoms with E-state index >= 15 is 0 Å². The molecule has 0 heterocycles. The molecule has 0 aliphatic carbocycles. The molecular formula is C23H31N3. The second-order valence-corrected chi connectivity index (χ2v) is 6.60. The van der Waals surface area contributed by atoms with Gasteiger partial charge in [-0.25, -0.2) is 0 Å². The Bertz CT molecular complexity index is 636. The third-order valence-corrected chi connectivity index (χ3v) is 4.47. The first-order chi connectivity index (χ1) is 12.7. The average molecular weight is 350 g/mol. The number of nitrogens with one attached hydrogen (secondary N) is 2. The van der Waals surface area contributed by atoms with Crippen molar-refractivity contribution in [2.24, 2.45) is 11.7 Å². The van der Waals surface area contributed by atoms with Gasteiger partial charge in [0.1, 0.15) is 0 Å². The Labute approximate surface area is 158 Å². The van der Waals surface area contributed by atoms with Gasteiger partial charge in [-0.3, -0.25) is 0 Å². The summed E-state index contributed by atoms with van der Waals surface area (Å²) in [6.45, 7) is 12.0. The van der Waals surface area contributed by atoms with Crippen molar-refractivity contribution in [2.75, 3.05) is 19.6 Å². The fourth-order valence-electron chi connectivity index (χ4n) is 3.01. The molecule has 2 aromatic rings. The van der Waals surface area contributed by atoms with Crippen molar-refractivity contribution >= 4 is 12.2 Å². The lowest BCUT2D eigenvalue weighted by Gasteiger charge is -2.18. The third kappa shape index (κ3) is 6.96. The van der Waals surface area contributed by atoms with E-state index < -0.39 is 0 Å². The lowest BCUT2D eigenvalue weighted by molar-refractivity contribution is 0.420. The number of hydrogen-bond donors (Lipinski definition) is 3.